The summed E-state index contributed by atoms with van der Waals surface area (Å²) in [6.07, 6.45) is 1.36. The third kappa shape index (κ3) is 0.314. The van der Waals surface area contributed by atoms with Crippen molar-refractivity contribution in [2.24, 2.45) is 0 Å². The molecule has 0 unspecified atom stereocenters. The number of anilines is 1. The van der Waals surface area contributed by atoms with Gasteiger partial charge in [-0.2, -0.15) is 5.10 Å². The van der Waals surface area contributed by atoms with Crippen molar-refractivity contribution in [2.45, 2.75) is 0 Å². The first-order valence-electron chi connectivity index (χ1n) is 1.50. The zero-order valence-corrected chi connectivity index (χ0v) is 3.05. The van der Waals surface area contributed by atoms with E-state index < -0.39 is 0 Å². The zero-order valence-electron chi connectivity index (χ0n) is 3.05. The number of nitrogens with one attached hydrogen (secondary N) is 1. The van der Waals surface area contributed by atoms with E-state index >= 15 is 0 Å². The van der Waals surface area contributed by atoms with Crippen molar-refractivity contribution in [1.29, 1.82) is 0 Å². The Kier molecular flexibility index (Phi) is 0.506. The van der Waals surface area contributed by atoms with Crippen molar-refractivity contribution < 1.29 is 0 Å². The summed E-state index contributed by atoms with van der Waals surface area (Å²) in [5, 5.41) is 5.88. The fraction of sp³-hybridized carbons (Fsp3) is 0. The molecular weight excluding hydrogens is 84.0 g/mol. The summed E-state index contributed by atoms with van der Waals surface area (Å²) >= 11 is 0. The van der Waals surface area contributed by atoms with Crippen LogP contribution in [0.2, 0.25) is 0 Å². The van der Waals surface area contributed by atoms with Crippen LogP contribution in [0.3, 0.4) is 0 Å². The lowest BCUT2D eigenvalue weighted by atomic mass is 11.9. The molecule has 1 aromatic rings. The van der Waals surface area contributed by atoms with E-state index in [4.69, 9.17) is 5.73 Å². The van der Waals surface area contributed by atoms with Crippen LogP contribution < -0.4 is 5.73 Å². The average Bonchev–Trinajstić information content (AvgIpc) is 1.86. The topological polar surface area (TPSA) is 67.6 Å². The van der Waals surface area contributed by atoms with Crippen molar-refractivity contribution in [3.05, 3.63) is 6.33 Å². The maximum atomic E-state index is 5.05. The molecular formula is C2H4N4. The number of nitrogens with zero attached hydrogens (tertiary/aromatic N) is 2. The number of rotatable bonds is 0. The minimum absolute atomic E-state index is 0.356. The fourth-order valence-corrected chi connectivity index (χ4v) is 0.215. The summed E-state index contributed by atoms with van der Waals surface area (Å²) in [6, 6.07) is 0. The molecule has 0 aliphatic carbocycles. The van der Waals surface area contributed by atoms with E-state index in [2.05, 4.69) is 15.2 Å². The van der Waals surface area contributed by atoms with E-state index in [0.717, 1.165) is 0 Å². The largest absolute Gasteiger partial charge is 0.368 e. The molecule has 4 nitrogen and oxygen atoms in total. The van der Waals surface area contributed by atoms with Gasteiger partial charge in [-0.15, -0.1) is 0 Å². The van der Waals surface area contributed by atoms with Gasteiger partial charge in [0.25, 0.3) is 0 Å². The molecule has 6 heavy (non-hydrogen) atoms. The predicted octanol–water partition coefficient (Wildman–Crippen LogP) is -0.613. The zero-order chi connectivity index (χ0) is 4.41. The first-order valence-corrected chi connectivity index (χ1v) is 1.50. The van der Waals surface area contributed by atoms with Crippen LogP contribution in [0.25, 0.3) is 0 Å². The maximum absolute atomic E-state index is 5.05. The lowest BCUT2D eigenvalue weighted by Gasteiger charge is -1.68. The number of H-pyrrole nitrogens is 1. The fourth-order valence-electron chi connectivity index (χ4n) is 0.215. The molecule has 4 heteroatoms. The molecule has 0 amide bonds. The van der Waals surface area contributed by atoms with Crippen molar-refractivity contribution >= 4 is 5.95 Å². The Labute approximate surface area is 34.4 Å². The van der Waals surface area contributed by atoms with Gasteiger partial charge in [-0.25, -0.2) is 10.1 Å². The van der Waals surface area contributed by atoms with Crippen molar-refractivity contribution in [3.8, 4) is 0 Å². The normalized spacial score (nSPS) is 8.67. The van der Waals surface area contributed by atoms with Gasteiger partial charge in [0.2, 0.25) is 5.95 Å². The Hall–Kier alpha value is -1.06. The molecule has 0 aromatic carbocycles. The van der Waals surface area contributed by atoms with Gasteiger partial charge >= 0.3 is 0 Å². The SMILES string of the molecule is N[13c]1n[13cH][15n][15nH]1. The molecule has 0 spiro atoms. The van der Waals surface area contributed by atoms with Gasteiger partial charge in [0.1, 0.15) is 6.33 Å². The summed E-state index contributed by atoms with van der Waals surface area (Å²) in [5.74, 6) is 0.356. The van der Waals surface area contributed by atoms with E-state index in [1.54, 1.807) is 0 Å². The maximum Gasteiger partial charge on any atom is 0.215 e. The van der Waals surface area contributed by atoms with Crippen LogP contribution in [0, 0.1) is 0 Å². The van der Waals surface area contributed by atoms with Gasteiger partial charge in [0, 0.05) is 0 Å². The first-order chi connectivity index (χ1) is 2.89. The minimum atomic E-state index is 0.356. The Morgan fingerprint density at radius 2 is 2.67 bits per heavy atom. The van der Waals surface area contributed by atoms with Gasteiger partial charge < -0.3 is 5.73 Å². The van der Waals surface area contributed by atoms with Crippen LogP contribution in [-0.2, 0) is 0 Å². The summed E-state index contributed by atoms with van der Waals surface area (Å²) in [7, 11) is 0. The number of hydrogen-bond acceptors (Lipinski definition) is 3. The van der Waals surface area contributed by atoms with Crippen molar-refractivity contribution in [3.63, 3.8) is 0 Å². The van der Waals surface area contributed by atoms with Gasteiger partial charge in [-0.3, -0.25) is 0 Å². The third-order valence-corrected chi connectivity index (χ3v) is 0.434. The lowest BCUT2D eigenvalue weighted by molar-refractivity contribution is 1.10. The van der Waals surface area contributed by atoms with E-state index in [9.17, 15) is 0 Å². The highest BCUT2D eigenvalue weighted by Gasteiger charge is 1.75. The van der Waals surface area contributed by atoms with E-state index in [1.165, 1.54) is 6.33 Å². The summed E-state index contributed by atoms with van der Waals surface area (Å²) < 4.78 is 0. The highest BCUT2D eigenvalue weighted by Crippen LogP contribution is 1.76. The van der Waals surface area contributed by atoms with Crippen LogP contribution in [-0.4, -0.2) is 15.2 Å². The molecule has 0 atom stereocenters. The van der Waals surface area contributed by atoms with E-state index in [1.807, 2.05) is 0 Å². The number of hydrogen-bond donors (Lipinski definition) is 2. The molecule has 0 saturated heterocycles. The molecule has 1 heterocycles. The second-order valence-electron chi connectivity index (χ2n) is 0.871. The molecule has 0 radical (unpaired) electrons. The highest BCUT2D eigenvalue weighted by atomic mass is 16.1. The summed E-state index contributed by atoms with van der Waals surface area (Å²) in [4.78, 5) is 3.53. The quantitative estimate of drug-likeness (QED) is 0.444. The molecule has 0 bridgehead atoms. The predicted molar refractivity (Wildman–Crippen MR) is 20.8 cm³/mol. The third-order valence-electron chi connectivity index (χ3n) is 0.434. The van der Waals surface area contributed by atoms with Crippen LogP contribution in [0.1, 0.15) is 0 Å². The monoisotopic (exact) mass is 88.0 g/mol. The first kappa shape index (κ1) is 3.14. The van der Waals surface area contributed by atoms with Crippen molar-refractivity contribution in [2.75, 3.05) is 5.73 Å². The number of aromatic nitrogens is 3. The Balaban J connectivity index is 3.05. The second kappa shape index (κ2) is 0.965. The molecule has 1 aromatic heterocycles. The van der Waals surface area contributed by atoms with Crippen LogP contribution in [0.15, 0.2) is 6.33 Å². The van der Waals surface area contributed by atoms with E-state index in [0.29, 0.717) is 5.95 Å². The second-order valence-corrected chi connectivity index (χ2v) is 0.871. The Morgan fingerprint density at radius 1 is 1.83 bits per heavy atom. The summed E-state index contributed by atoms with van der Waals surface area (Å²) in [6.45, 7) is 0. The molecule has 32 valence electrons. The number of nitrogens with two attached hydrogens (primary N) is 1. The molecule has 0 fully saturated rings. The van der Waals surface area contributed by atoms with Gasteiger partial charge in [0.05, 0.1) is 0 Å². The standard InChI is InChI=1S/C2H4N4/c3-2-4-1-5-6-2/h1H,(H3,3,4,5,6)/i1+1,2+1,5+1,6+1. The molecule has 0 saturated carbocycles. The van der Waals surface area contributed by atoms with Gasteiger partial charge in [-0.05, 0) is 0 Å². The highest BCUT2D eigenvalue weighted by molar-refractivity contribution is 5.07. The Bertz CT molecular complexity index is 109. The number of nitrogen functional groups attached to an aromatic ring is 1. The molecule has 1 rings (SSSR count). The van der Waals surface area contributed by atoms with Crippen LogP contribution in [0.4, 0.5) is 5.95 Å². The Morgan fingerprint density at radius 3 is 2.83 bits per heavy atom. The van der Waals surface area contributed by atoms with E-state index in [-0.39, 0.29) is 0 Å². The van der Waals surface area contributed by atoms with Crippen LogP contribution >= 0.6 is 0 Å². The number of aromatic amines is 1. The van der Waals surface area contributed by atoms with Gasteiger partial charge in [0.15, 0.2) is 0 Å². The van der Waals surface area contributed by atoms with Crippen molar-refractivity contribution in [1.82, 2.24) is 15.2 Å². The smallest absolute Gasteiger partial charge is 0.215 e. The molecule has 0 aliphatic heterocycles. The molecule has 3 N–H and O–H groups in total. The van der Waals surface area contributed by atoms with Crippen LogP contribution in [0.5, 0.6) is 0 Å². The van der Waals surface area contributed by atoms with Gasteiger partial charge in [-0.1, -0.05) is 0 Å². The summed E-state index contributed by atoms with van der Waals surface area (Å²) in [5.41, 5.74) is 5.05. The average molecular weight is 88.1 g/mol. The minimum Gasteiger partial charge on any atom is -0.368 e. The lowest BCUT2D eigenvalue weighted by Crippen LogP contribution is -1.84. The molecule has 0 aliphatic rings.